The molecular formula is C16H20N4O2S. The Morgan fingerprint density at radius 2 is 2.17 bits per heavy atom. The molecule has 0 aliphatic carbocycles. The Bertz CT molecular complexity index is 647. The first-order valence-electron chi connectivity index (χ1n) is 7.86. The number of pyridine rings is 1. The highest BCUT2D eigenvalue weighted by molar-refractivity contribution is 8.00. The maximum atomic E-state index is 12.7. The molecule has 1 saturated heterocycles. The average Bonchev–Trinajstić information content (AvgIpc) is 2.85. The van der Waals surface area contributed by atoms with Gasteiger partial charge in [-0.25, -0.2) is 0 Å². The molecule has 1 atom stereocenters. The summed E-state index contributed by atoms with van der Waals surface area (Å²) in [4.78, 5) is 24.0. The smallest absolute Gasteiger partial charge is 0.233 e. The highest BCUT2D eigenvalue weighted by atomic mass is 32.2. The van der Waals surface area contributed by atoms with Crippen LogP contribution in [0.1, 0.15) is 43.4 Å². The van der Waals surface area contributed by atoms with Gasteiger partial charge in [-0.15, -0.1) is 11.8 Å². The first-order valence-corrected chi connectivity index (χ1v) is 8.85. The van der Waals surface area contributed by atoms with Crippen molar-refractivity contribution in [2.24, 2.45) is 0 Å². The molecule has 23 heavy (non-hydrogen) atoms. The maximum absolute atomic E-state index is 12.7. The molecule has 2 aromatic heterocycles. The molecule has 1 fully saturated rings. The molecule has 6 nitrogen and oxygen atoms in total. The monoisotopic (exact) mass is 332 g/mol. The number of amides is 1. The van der Waals surface area contributed by atoms with Crippen molar-refractivity contribution in [1.29, 1.82) is 0 Å². The van der Waals surface area contributed by atoms with Crippen LogP contribution in [0.5, 0.6) is 0 Å². The van der Waals surface area contributed by atoms with E-state index in [1.807, 2.05) is 17.0 Å². The van der Waals surface area contributed by atoms with Crippen molar-refractivity contribution in [3.63, 3.8) is 0 Å². The van der Waals surface area contributed by atoms with Crippen LogP contribution in [0.15, 0.2) is 33.9 Å². The summed E-state index contributed by atoms with van der Waals surface area (Å²) in [5.74, 6) is 1.72. The highest BCUT2D eigenvalue weighted by Gasteiger charge is 2.29. The zero-order valence-electron chi connectivity index (χ0n) is 13.1. The largest absolute Gasteiger partial charge is 0.340 e. The van der Waals surface area contributed by atoms with Crippen LogP contribution in [0.3, 0.4) is 0 Å². The number of aryl methyl sites for hydroxylation is 1. The van der Waals surface area contributed by atoms with E-state index in [2.05, 4.69) is 15.1 Å². The van der Waals surface area contributed by atoms with Gasteiger partial charge < -0.3 is 9.42 Å². The first-order chi connectivity index (χ1) is 11.2. The fourth-order valence-electron chi connectivity index (χ4n) is 2.79. The third-order valence-corrected chi connectivity index (χ3v) is 4.92. The summed E-state index contributed by atoms with van der Waals surface area (Å²) < 4.78 is 5.10. The second-order valence-corrected chi connectivity index (χ2v) is 6.64. The second-order valence-electron chi connectivity index (χ2n) is 5.60. The van der Waals surface area contributed by atoms with Crippen molar-refractivity contribution in [2.45, 2.75) is 43.5 Å². The van der Waals surface area contributed by atoms with E-state index in [0.29, 0.717) is 17.5 Å². The van der Waals surface area contributed by atoms with E-state index in [9.17, 15) is 4.79 Å². The molecule has 0 spiro atoms. The van der Waals surface area contributed by atoms with Crippen LogP contribution < -0.4 is 0 Å². The molecule has 7 heteroatoms. The van der Waals surface area contributed by atoms with E-state index >= 15 is 0 Å². The van der Waals surface area contributed by atoms with E-state index in [1.165, 1.54) is 11.8 Å². The molecule has 0 radical (unpaired) electrons. The Hall–Kier alpha value is -1.89. The van der Waals surface area contributed by atoms with Crippen molar-refractivity contribution in [1.82, 2.24) is 20.0 Å². The molecule has 0 bridgehead atoms. The SMILES string of the molecule is Cc1nc([C@@H]2CCCCCN2C(=O)CSc2ccncc2)no1. The van der Waals surface area contributed by atoms with Crippen LogP contribution in [-0.4, -0.2) is 38.2 Å². The van der Waals surface area contributed by atoms with Gasteiger partial charge in [0.05, 0.1) is 11.8 Å². The van der Waals surface area contributed by atoms with E-state index in [-0.39, 0.29) is 11.9 Å². The summed E-state index contributed by atoms with van der Waals surface area (Å²) >= 11 is 1.54. The predicted octanol–water partition coefficient (Wildman–Crippen LogP) is 3.01. The van der Waals surface area contributed by atoms with Gasteiger partial charge in [0.1, 0.15) is 0 Å². The first kappa shape index (κ1) is 16.0. The Kier molecular flexibility index (Phi) is 5.27. The molecule has 0 N–H and O–H groups in total. The minimum atomic E-state index is -0.0690. The summed E-state index contributed by atoms with van der Waals surface area (Å²) in [5, 5.41) is 4.04. The Labute approximate surface area is 139 Å². The van der Waals surface area contributed by atoms with E-state index in [1.54, 1.807) is 19.3 Å². The number of aromatic nitrogens is 3. The molecule has 3 heterocycles. The fraction of sp³-hybridized carbons (Fsp3) is 0.500. The van der Waals surface area contributed by atoms with Gasteiger partial charge in [-0.3, -0.25) is 9.78 Å². The quantitative estimate of drug-likeness (QED) is 0.802. The van der Waals surface area contributed by atoms with Crippen molar-refractivity contribution in [3.05, 3.63) is 36.2 Å². The number of hydrogen-bond acceptors (Lipinski definition) is 6. The Balaban J connectivity index is 1.70. The van der Waals surface area contributed by atoms with Crippen molar-refractivity contribution in [2.75, 3.05) is 12.3 Å². The Morgan fingerprint density at radius 3 is 2.91 bits per heavy atom. The van der Waals surface area contributed by atoms with Crippen molar-refractivity contribution < 1.29 is 9.32 Å². The zero-order valence-corrected chi connectivity index (χ0v) is 14.0. The predicted molar refractivity (Wildman–Crippen MR) is 86.9 cm³/mol. The minimum absolute atomic E-state index is 0.0690. The van der Waals surface area contributed by atoms with Gasteiger partial charge in [0.25, 0.3) is 0 Å². The van der Waals surface area contributed by atoms with Gasteiger partial charge in [-0.2, -0.15) is 4.98 Å². The van der Waals surface area contributed by atoms with E-state index < -0.39 is 0 Å². The number of rotatable bonds is 4. The second kappa shape index (κ2) is 7.59. The number of carbonyl (C=O) groups is 1. The minimum Gasteiger partial charge on any atom is -0.340 e. The zero-order chi connectivity index (χ0) is 16.1. The van der Waals surface area contributed by atoms with Crippen LogP contribution in [-0.2, 0) is 4.79 Å². The molecule has 0 saturated carbocycles. The van der Waals surface area contributed by atoms with Crippen LogP contribution in [0, 0.1) is 6.92 Å². The van der Waals surface area contributed by atoms with Crippen LogP contribution in [0.2, 0.25) is 0 Å². The summed E-state index contributed by atoms with van der Waals surface area (Å²) in [6.07, 6.45) is 7.62. The van der Waals surface area contributed by atoms with E-state index in [0.717, 1.165) is 37.1 Å². The van der Waals surface area contributed by atoms with Gasteiger partial charge in [0.15, 0.2) is 5.82 Å². The van der Waals surface area contributed by atoms with Gasteiger partial charge in [-0.05, 0) is 25.0 Å². The normalized spacial score (nSPS) is 18.7. The van der Waals surface area contributed by atoms with Crippen molar-refractivity contribution in [3.8, 4) is 0 Å². The summed E-state index contributed by atoms with van der Waals surface area (Å²) in [5.41, 5.74) is 0. The lowest BCUT2D eigenvalue weighted by Crippen LogP contribution is -2.36. The average molecular weight is 332 g/mol. The number of thioether (sulfide) groups is 1. The maximum Gasteiger partial charge on any atom is 0.233 e. The van der Waals surface area contributed by atoms with Crippen molar-refractivity contribution >= 4 is 17.7 Å². The molecule has 2 aromatic rings. The molecule has 1 aliphatic rings. The number of carbonyl (C=O) groups excluding carboxylic acids is 1. The molecule has 1 aliphatic heterocycles. The summed E-state index contributed by atoms with van der Waals surface area (Å²) in [6.45, 7) is 2.53. The van der Waals surface area contributed by atoms with Gasteiger partial charge in [-0.1, -0.05) is 18.0 Å². The lowest BCUT2D eigenvalue weighted by atomic mass is 10.1. The van der Waals surface area contributed by atoms with Gasteiger partial charge in [0, 0.05) is 30.8 Å². The van der Waals surface area contributed by atoms with E-state index in [4.69, 9.17) is 4.52 Å². The molecule has 0 unspecified atom stereocenters. The van der Waals surface area contributed by atoms with Gasteiger partial charge in [0.2, 0.25) is 11.8 Å². The molecule has 3 rings (SSSR count). The van der Waals surface area contributed by atoms with Gasteiger partial charge >= 0.3 is 0 Å². The highest BCUT2D eigenvalue weighted by Crippen LogP contribution is 2.29. The molecule has 1 amide bonds. The lowest BCUT2D eigenvalue weighted by Gasteiger charge is -2.27. The topological polar surface area (TPSA) is 72.1 Å². The van der Waals surface area contributed by atoms with Crippen LogP contribution in [0.4, 0.5) is 0 Å². The summed E-state index contributed by atoms with van der Waals surface area (Å²) in [7, 11) is 0. The lowest BCUT2D eigenvalue weighted by molar-refractivity contribution is -0.130. The standard InChI is InChI=1S/C16H20N4O2S/c1-12-18-16(19-22-12)14-5-3-2-4-10-20(14)15(21)11-23-13-6-8-17-9-7-13/h6-9,14H,2-5,10-11H2,1H3/t14-/m0/s1. The fourth-order valence-corrected chi connectivity index (χ4v) is 3.56. The Morgan fingerprint density at radius 1 is 1.35 bits per heavy atom. The number of likely N-dealkylation sites (tertiary alicyclic amines) is 1. The number of nitrogens with zero attached hydrogens (tertiary/aromatic N) is 4. The third-order valence-electron chi connectivity index (χ3n) is 3.93. The summed E-state index contributed by atoms with van der Waals surface area (Å²) in [6, 6.07) is 3.77. The third kappa shape index (κ3) is 4.10. The van der Waals surface area contributed by atoms with Crippen LogP contribution in [0.25, 0.3) is 0 Å². The number of hydrogen-bond donors (Lipinski definition) is 0. The molecular weight excluding hydrogens is 312 g/mol. The molecule has 0 aromatic carbocycles. The van der Waals surface area contributed by atoms with Crippen LogP contribution >= 0.6 is 11.8 Å². The molecule has 122 valence electrons.